The summed E-state index contributed by atoms with van der Waals surface area (Å²) in [7, 11) is 0. The summed E-state index contributed by atoms with van der Waals surface area (Å²) < 4.78 is 0. The number of anilines is 1. The summed E-state index contributed by atoms with van der Waals surface area (Å²) in [6.45, 7) is 1.95. The lowest BCUT2D eigenvalue weighted by Gasteiger charge is -2.05. The van der Waals surface area contributed by atoms with E-state index in [0.717, 1.165) is 5.56 Å². The minimum absolute atomic E-state index is 0.339. The fourth-order valence-corrected chi connectivity index (χ4v) is 2.18. The molecule has 0 atom stereocenters. The van der Waals surface area contributed by atoms with Crippen molar-refractivity contribution in [3.05, 3.63) is 63.6 Å². The topological polar surface area (TPSA) is 70.6 Å². The molecular weight excluding hydrogens is 349 g/mol. The van der Waals surface area contributed by atoms with Crippen molar-refractivity contribution in [2.75, 3.05) is 5.32 Å². The summed E-state index contributed by atoms with van der Waals surface area (Å²) in [5.41, 5.74) is 4.55. The van der Waals surface area contributed by atoms with Crippen molar-refractivity contribution in [3.63, 3.8) is 0 Å². The fourth-order valence-electron chi connectivity index (χ4n) is 1.82. The molecule has 124 valence electrons. The van der Waals surface area contributed by atoms with Crippen molar-refractivity contribution < 1.29 is 9.59 Å². The highest BCUT2D eigenvalue weighted by Gasteiger charge is 2.09. The second-order valence-electron chi connectivity index (χ2n) is 5.03. The molecule has 2 aromatic carbocycles. The van der Waals surface area contributed by atoms with Crippen molar-refractivity contribution >= 4 is 46.9 Å². The first-order valence-electron chi connectivity index (χ1n) is 7.08. The van der Waals surface area contributed by atoms with Crippen molar-refractivity contribution in [2.24, 2.45) is 5.10 Å². The number of aryl methyl sites for hydroxylation is 1. The Bertz CT molecular complexity index is 774. The van der Waals surface area contributed by atoms with Gasteiger partial charge in [0, 0.05) is 11.3 Å². The molecule has 0 spiro atoms. The molecule has 2 aromatic rings. The maximum absolute atomic E-state index is 11.8. The van der Waals surface area contributed by atoms with Crippen LogP contribution in [0.2, 0.25) is 10.0 Å². The summed E-state index contributed by atoms with van der Waals surface area (Å²) in [6, 6.07) is 12.3. The minimum Gasteiger partial charge on any atom is -0.326 e. The first-order valence-corrected chi connectivity index (χ1v) is 7.84. The van der Waals surface area contributed by atoms with Crippen LogP contribution in [0.1, 0.15) is 17.5 Å². The van der Waals surface area contributed by atoms with Gasteiger partial charge in [-0.15, -0.1) is 0 Å². The quantitative estimate of drug-likeness (QED) is 0.482. The van der Waals surface area contributed by atoms with Gasteiger partial charge in [-0.05, 0) is 25.1 Å². The molecule has 0 bridgehead atoms. The fraction of sp³-hybridized carbons (Fsp3) is 0.118. The van der Waals surface area contributed by atoms with Gasteiger partial charge in [-0.1, -0.05) is 53.0 Å². The van der Waals surface area contributed by atoms with E-state index < -0.39 is 11.8 Å². The van der Waals surface area contributed by atoms with Crippen LogP contribution >= 0.6 is 23.2 Å². The number of hydrogen-bond acceptors (Lipinski definition) is 3. The average Bonchev–Trinajstić information content (AvgIpc) is 2.53. The number of amides is 2. The van der Waals surface area contributed by atoms with Crippen LogP contribution in [0.4, 0.5) is 5.69 Å². The summed E-state index contributed by atoms with van der Waals surface area (Å²) in [5, 5.41) is 7.14. The zero-order valence-corrected chi connectivity index (χ0v) is 14.4. The third kappa shape index (κ3) is 5.37. The van der Waals surface area contributed by atoms with Crippen LogP contribution in [0.3, 0.4) is 0 Å². The number of nitrogens with zero attached hydrogens (tertiary/aromatic N) is 1. The van der Waals surface area contributed by atoms with E-state index in [9.17, 15) is 9.59 Å². The lowest BCUT2D eigenvalue weighted by molar-refractivity contribution is -0.126. The molecule has 0 saturated heterocycles. The molecule has 0 aliphatic heterocycles. The number of carbonyl (C=O) groups excluding carboxylic acids is 2. The first-order chi connectivity index (χ1) is 11.5. The third-order valence-corrected chi connectivity index (χ3v) is 3.86. The van der Waals surface area contributed by atoms with Crippen LogP contribution in [0, 0.1) is 6.92 Å². The molecule has 0 radical (unpaired) electrons. The van der Waals surface area contributed by atoms with E-state index in [-0.39, 0.29) is 6.42 Å². The second-order valence-corrected chi connectivity index (χ2v) is 5.81. The molecule has 24 heavy (non-hydrogen) atoms. The van der Waals surface area contributed by atoms with Gasteiger partial charge in [0.05, 0.1) is 16.3 Å². The van der Waals surface area contributed by atoms with E-state index in [1.54, 1.807) is 30.3 Å². The van der Waals surface area contributed by atoms with E-state index in [1.165, 1.54) is 6.21 Å². The highest BCUT2D eigenvalue weighted by atomic mass is 35.5. The molecule has 0 aromatic heterocycles. The van der Waals surface area contributed by atoms with Crippen molar-refractivity contribution in [1.29, 1.82) is 0 Å². The Morgan fingerprint density at radius 1 is 1.08 bits per heavy atom. The smallest absolute Gasteiger partial charge is 0.249 e. The molecule has 5 nitrogen and oxygen atoms in total. The standard InChI is InChI=1S/C17H15Cl2N3O2/c1-11-5-7-13(8-6-11)21-15(23)9-16(24)22-20-10-12-3-2-4-14(18)17(12)19/h2-8,10H,9H2,1H3,(H,21,23)(H,22,24). The summed E-state index contributed by atoms with van der Waals surface area (Å²) >= 11 is 11.9. The molecule has 0 aliphatic carbocycles. The molecule has 0 saturated carbocycles. The summed E-state index contributed by atoms with van der Waals surface area (Å²) in [5.74, 6) is -0.957. The van der Waals surface area contributed by atoms with Crippen LogP contribution in [0.5, 0.6) is 0 Å². The molecule has 2 N–H and O–H groups in total. The number of hydrogen-bond donors (Lipinski definition) is 2. The Kier molecular flexibility index (Phi) is 6.35. The van der Waals surface area contributed by atoms with E-state index in [1.807, 2.05) is 19.1 Å². The largest absolute Gasteiger partial charge is 0.326 e. The Labute approximate surface area is 149 Å². The van der Waals surface area contributed by atoms with Crippen LogP contribution < -0.4 is 10.7 Å². The Morgan fingerprint density at radius 2 is 1.79 bits per heavy atom. The van der Waals surface area contributed by atoms with Gasteiger partial charge in [-0.25, -0.2) is 5.43 Å². The van der Waals surface area contributed by atoms with E-state index in [0.29, 0.717) is 21.3 Å². The normalized spacial score (nSPS) is 10.6. The lowest BCUT2D eigenvalue weighted by Crippen LogP contribution is -2.24. The molecule has 0 fully saturated rings. The van der Waals surface area contributed by atoms with Crippen molar-refractivity contribution in [3.8, 4) is 0 Å². The molecular formula is C17H15Cl2N3O2. The number of carbonyl (C=O) groups is 2. The molecule has 2 rings (SSSR count). The van der Waals surface area contributed by atoms with Gasteiger partial charge in [0.15, 0.2) is 0 Å². The van der Waals surface area contributed by atoms with Gasteiger partial charge in [-0.3, -0.25) is 9.59 Å². The average molecular weight is 364 g/mol. The van der Waals surface area contributed by atoms with Crippen LogP contribution in [0.25, 0.3) is 0 Å². The van der Waals surface area contributed by atoms with Gasteiger partial charge in [-0.2, -0.15) is 5.10 Å². The van der Waals surface area contributed by atoms with Gasteiger partial charge in [0.25, 0.3) is 0 Å². The highest BCUT2D eigenvalue weighted by molar-refractivity contribution is 6.43. The first kappa shape index (κ1) is 18.0. The van der Waals surface area contributed by atoms with Gasteiger partial charge in [0.1, 0.15) is 6.42 Å². The number of nitrogens with one attached hydrogen (secondary N) is 2. The second kappa shape index (κ2) is 8.47. The Morgan fingerprint density at radius 3 is 2.50 bits per heavy atom. The van der Waals surface area contributed by atoms with E-state index >= 15 is 0 Å². The zero-order chi connectivity index (χ0) is 17.5. The van der Waals surface area contributed by atoms with E-state index in [4.69, 9.17) is 23.2 Å². The lowest BCUT2D eigenvalue weighted by atomic mass is 10.2. The van der Waals surface area contributed by atoms with Crippen LogP contribution in [0.15, 0.2) is 47.6 Å². The molecule has 0 unspecified atom stereocenters. The molecule has 2 amide bonds. The minimum atomic E-state index is -0.533. The zero-order valence-electron chi connectivity index (χ0n) is 12.8. The van der Waals surface area contributed by atoms with Gasteiger partial charge >= 0.3 is 0 Å². The molecule has 0 aliphatic rings. The Balaban J connectivity index is 1.84. The molecule has 0 heterocycles. The summed E-state index contributed by atoms with van der Waals surface area (Å²) in [6.07, 6.45) is 1.03. The van der Waals surface area contributed by atoms with Gasteiger partial charge < -0.3 is 5.32 Å². The monoisotopic (exact) mass is 363 g/mol. The number of benzene rings is 2. The van der Waals surface area contributed by atoms with Crippen molar-refractivity contribution in [1.82, 2.24) is 5.43 Å². The maximum atomic E-state index is 11.8. The highest BCUT2D eigenvalue weighted by Crippen LogP contribution is 2.24. The predicted molar refractivity (Wildman–Crippen MR) is 96.6 cm³/mol. The van der Waals surface area contributed by atoms with Crippen LogP contribution in [-0.2, 0) is 9.59 Å². The van der Waals surface area contributed by atoms with Crippen LogP contribution in [-0.4, -0.2) is 18.0 Å². The molecule has 7 heteroatoms. The van der Waals surface area contributed by atoms with Gasteiger partial charge in [0.2, 0.25) is 11.8 Å². The predicted octanol–water partition coefficient (Wildman–Crippen LogP) is 3.78. The number of halogens is 2. The summed E-state index contributed by atoms with van der Waals surface area (Å²) in [4.78, 5) is 23.5. The number of rotatable bonds is 5. The Hall–Kier alpha value is -2.37. The SMILES string of the molecule is Cc1ccc(NC(=O)CC(=O)NN=Cc2cccc(Cl)c2Cl)cc1. The third-order valence-electron chi connectivity index (χ3n) is 3.03. The van der Waals surface area contributed by atoms with Crippen molar-refractivity contribution in [2.45, 2.75) is 13.3 Å². The maximum Gasteiger partial charge on any atom is 0.249 e. The number of hydrazone groups is 1. The van der Waals surface area contributed by atoms with E-state index in [2.05, 4.69) is 15.8 Å².